The fourth-order valence-electron chi connectivity index (χ4n) is 2.14. The minimum absolute atomic E-state index is 0.0234. The molecule has 5 nitrogen and oxygen atoms in total. The monoisotopic (exact) mass is 287 g/mol. The molecule has 1 atom stereocenters. The lowest BCUT2D eigenvalue weighted by Crippen LogP contribution is -2.41. The Morgan fingerprint density at radius 1 is 1.37 bits per heavy atom. The molecule has 0 bridgehead atoms. The van der Waals surface area contributed by atoms with Gasteiger partial charge in [-0.25, -0.2) is 12.8 Å². The highest BCUT2D eigenvalue weighted by Crippen LogP contribution is 2.26. The van der Waals surface area contributed by atoms with Crippen molar-refractivity contribution in [3.63, 3.8) is 0 Å². The summed E-state index contributed by atoms with van der Waals surface area (Å²) in [4.78, 5) is 11.5. The number of carbonyl (C=O) groups is 1. The molecule has 0 spiro atoms. The van der Waals surface area contributed by atoms with Crippen LogP contribution in [0.4, 0.5) is 4.39 Å². The van der Waals surface area contributed by atoms with E-state index in [0.29, 0.717) is 12.8 Å². The molecule has 1 aliphatic heterocycles. The molecule has 1 saturated heterocycles. The number of hydrogen-bond donors (Lipinski definition) is 0. The largest absolute Gasteiger partial charge is 0.468 e. The van der Waals surface area contributed by atoms with Crippen LogP contribution in [0, 0.1) is 5.82 Å². The summed E-state index contributed by atoms with van der Waals surface area (Å²) in [5.74, 6) is -1.08. The van der Waals surface area contributed by atoms with Crippen LogP contribution in [0.25, 0.3) is 0 Å². The zero-order valence-corrected chi connectivity index (χ0v) is 11.2. The predicted octanol–water partition coefficient (Wildman–Crippen LogP) is 1.15. The second-order valence-corrected chi connectivity index (χ2v) is 6.14. The second-order valence-electron chi connectivity index (χ2n) is 4.25. The predicted molar refractivity (Wildman–Crippen MR) is 65.3 cm³/mol. The van der Waals surface area contributed by atoms with Crippen LogP contribution in [0.3, 0.4) is 0 Å². The van der Waals surface area contributed by atoms with Crippen LogP contribution >= 0.6 is 0 Å². The molecule has 0 aliphatic carbocycles. The normalized spacial score (nSPS) is 20.4. The molecule has 1 aromatic carbocycles. The van der Waals surface area contributed by atoms with Gasteiger partial charge < -0.3 is 4.74 Å². The van der Waals surface area contributed by atoms with Crippen LogP contribution in [0.1, 0.15) is 12.8 Å². The molecule has 1 fully saturated rings. The van der Waals surface area contributed by atoms with Crippen LogP contribution < -0.4 is 0 Å². The van der Waals surface area contributed by atoms with E-state index in [9.17, 15) is 17.6 Å². The maximum atomic E-state index is 12.8. The van der Waals surface area contributed by atoms with Gasteiger partial charge in [0.25, 0.3) is 0 Å². The third-order valence-electron chi connectivity index (χ3n) is 3.10. The first-order chi connectivity index (χ1) is 8.96. The van der Waals surface area contributed by atoms with E-state index in [0.717, 1.165) is 16.4 Å². The molecule has 1 heterocycles. The molecule has 19 heavy (non-hydrogen) atoms. The van der Waals surface area contributed by atoms with Crippen molar-refractivity contribution in [3.8, 4) is 0 Å². The quantitative estimate of drug-likeness (QED) is 0.782. The van der Waals surface area contributed by atoms with E-state index >= 15 is 0 Å². The maximum absolute atomic E-state index is 12.8. The Labute approximate surface area is 111 Å². The van der Waals surface area contributed by atoms with Crippen LogP contribution in [0.15, 0.2) is 29.2 Å². The van der Waals surface area contributed by atoms with Crippen LogP contribution in [-0.4, -0.2) is 38.4 Å². The van der Waals surface area contributed by atoms with E-state index in [2.05, 4.69) is 4.74 Å². The molecule has 0 N–H and O–H groups in total. The number of hydrogen-bond acceptors (Lipinski definition) is 4. The summed E-state index contributed by atoms with van der Waals surface area (Å²) < 4.78 is 43.3. The SMILES string of the molecule is COC(=O)[C@@H]1CCCN1S(=O)(=O)c1ccc(F)cc1. The highest BCUT2D eigenvalue weighted by molar-refractivity contribution is 7.89. The number of rotatable bonds is 3. The number of benzene rings is 1. The fourth-order valence-corrected chi connectivity index (χ4v) is 3.79. The first-order valence-corrected chi connectivity index (χ1v) is 7.26. The van der Waals surface area contributed by atoms with Crippen LogP contribution in [-0.2, 0) is 19.6 Å². The molecule has 0 amide bonds. The summed E-state index contributed by atoms with van der Waals surface area (Å²) in [5, 5.41) is 0. The van der Waals surface area contributed by atoms with Gasteiger partial charge in [-0.2, -0.15) is 4.31 Å². The summed E-state index contributed by atoms with van der Waals surface area (Å²) >= 11 is 0. The number of methoxy groups -OCH3 is 1. The smallest absolute Gasteiger partial charge is 0.324 e. The summed E-state index contributed by atoms with van der Waals surface area (Å²) in [5.41, 5.74) is 0. The minimum atomic E-state index is -3.79. The Bertz CT molecular complexity index is 570. The zero-order valence-electron chi connectivity index (χ0n) is 10.4. The number of sulfonamides is 1. The Hall–Kier alpha value is -1.47. The van der Waals surface area contributed by atoms with Crippen molar-refractivity contribution in [1.29, 1.82) is 0 Å². The van der Waals surface area contributed by atoms with Crippen molar-refractivity contribution >= 4 is 16.0 Å². The summed E-state index contributed by atoms with van der Waals surface area (Å²) in [6.07, 6.45) is 1.04. The Morgan fingerprint density at radius 3 is 2.58 bits per heavy atom. The fraction of sp³-hybridized carbons (Fsp3) is 0.417. The van der Waals surface area contributed by atoms with Gasteiger partial charge in [0.05, 0.1) is 12.0 Å². The third kappa shape index (κ3) is 2.62. The van der Waals surface area contributed by atoms with Crippen molar-refractivity contribution in [3.05, 3.63) is 30.1 Å². The zero-order chi connectivity index (χ0) is 14.0. The number of halogens is 1. The molecule has 2 rings (SSSR count). The van der Waals surface area contributed by atoms with Gasteiger partial charge >= 0.3 is 5.97 Å². The van der Waals surface area contributed by atoms with E-state index < -0.39 is 27.9 Å². The van der Waals surface area contributed by atoms with Crippen molar-refractivity contribution in [2.75, 3.05) is 13.7 Å². The number of esters is 1. The van der Waals surface area contributed by atoms with Gasteiger partial charge in [0.2, 0.25) is 10.0 Å². The van der Waals surface area contributed by atoms with Crippen LogP contribution in [0.5, 0.6) is 0 Å². The second kappa shape index (κ2) is 5.26. The molecule has 0 saturated carbocycles. The lowest BCUT2D eigenvalue weighted by atomic mass is 10.2. The topological polar surface area (TPSA) is 63.7 Å². The van der Waals surface area contributed by atoms with Gasteiger partial charge in [0, 0.05) is 6.54 Å². The van der Waals surface area contributed by atoms with E-state index in [-0.39, 0.29) is 11.4 Å². The molecule has 0 aromatic heterocycles. The molecular weight excluding hydrogens is 273 g/mol. The molecule has 1 aliphatic rings. The maximum Gasteiger partial charge on any atom is 0.324 e. The van der Waals surface area contributed by atoms with Gasteiger partial charge in [-0.3, -0.25) is 4.79 Å². The highest BCUT2D eigenvalue weighted by Gasteiger charge is 2.40. The van der Waals surface area contributed by atoms with Crippen molar-refractivity contribution in [2.45, 2.75) is 23.8 Å². The van der Waals surface area contributed by atoms with E-state index in [1.54, 1.807) is 0 Å². The standard InChI is InChI=1S/C12H14FNO4S/c1-18-12(15)11-3-2-8-14(11)19(16,17)10-6-4-9(13)5-7-10/h4-7,11H,2-3,8H2,1H3/t11-/m0/s1. The molecule has 104 valence electrons. The van der Waals surface area contributed by atoms with Crippen molar-refractivity contribution in [1.82, 2.24) is 4.31 Å². The lowest BCUT2D eigenvalue weighted by molar-refractivity contribution is -0.144. The van der Waals surface area contributed by atoms with E-state index in [1.165, 1.54) is 19.2 Å². The van der Waals surface area contributed by atoms with Crippen LogP contribution in [0.2, 0.25) is 0 Å². The Kier molecular flexibility index (Phi) is 3.86. The number of ether oxygens (including phenoxy) is 1. The van der Waals surface area contributed by atoms with Crippen molar-refractivity contribution in [2.24, 2.45) is 0 Å². The average Bonchev–Trinajstić information content (AvgIpc) is 2.88. The minimum Gasteiger partial charge on any atom is -0.468 e. The summed E-state index contributed by atoms with van der Waals surface area (Å²) in [7, 11) is -2.57. The van der Waals surface area contributed by atoms with Gasteiger partial charge in [-0.05, 0) is 37.1 Å². The highest BCUT2D eigenvalue weighted by atomic mass is 32.2. The number of carbonyl (C=O) groups excluding carboxylic acids is 1. The summed E-state index contributed by atoms with van der Waals surface area (Å²) in [6.45, 7) is 0.263. The number of nitrogens with zero attached hydrogens (tertiary/aromatic N) is 1. The molecule has 7 heteroatoms. The average molecular weight is 287 g/mol. The van der Waals surface area contributed by atoms with Gasteiger partial charge in [-0.1, -0.05) is 0 Å². The summed E-state index contributed by atoms with van der Waals surface area (Å²) in [6, 6.07) is 3.75. The molecule has 1 aromatic rings. The van der Waals surface area contributed by atoms with Crippen molar-refractivity contribution < 1.29 is 22.3 Å². The van der Waals surface area contributed by atoms with E-state index in [1.807, 2.05) is 0 Å². The Balaban J connectivity index is 2.33. The first kappa shape index (κ1) is 14.0. The molecule has 0 radical (unpaired) electrons. The van der Waals surface area contributed by atoms with E-state index in [4.69, 9.17) is 0 Å². The molecular formula is C12H14FNO4S. The van der Waals surface area contributed by atoms with Gasteiger partial charge in [0.15, 0.2) is 0 Å². The third-order valence-corrected chi connectivity index (χ3v) is 5.02. The first-order valence-electron chi connectivity index (χ1n) is 5.82. The van der Waals surface area contributed by atoms with Gasteiger partial charge in [-0.15, -0.1) is 0 Å². The molecule has 0 unspecified atom stereocenters. The van der Waals surface area contributed by atoms with Gasteiger partial charge in [0.1, 0.15) is 11.9 Å². The Morgan fingerprint density at radius 2 is 2.00 bits per heavy atom. The lowest BCUT2D eigenvalue weighted by Gasteiger charge is -2.22.